The van der Waals surface area contributed by atoms with Crippen LogP contribution in [0.15, 0.2) is 53.5 Å². The molecule has 29 heavy (non-hydrogen) atoms. The fourth-order valence-electron chi connectivity index (χ4n) is 3.40. The monoisotopic (exact) mass is 413 g/mol. The largest absolute Gasteiger partial charge is 0.465 e. The molecule has 1 unspecified atom stereocenters. The van der Waals surface area contributed by atoms with Crippen LogP contribution in [0, 0.1) is 5.92 Å². The van der Waals surface area contributed by atoms with Crippen LogP contribution in [0.3, 0.4) is 0 Å². The lowest BCUT2D eigenvalue weighted by Crippen LogP contribution is -2.44. The van der Waals surface area contributed by atoms with Gasteiger partial charge in [0.15, 0.2) is 0 Å². The minimum absolute atomic E-state index is 0.0286. The lowest BCUT2D eigenvalue weighted by Gasteiger charge is -2.27. The maximum atomic E-state index is 13.5. The molecule has 0 bridgehead atoms. The number of nitrogens with zero attached hydrogens (tertiary/aromatic N) is 2. The molecular weight excluding hydrogens is 390 g/mol. The highest BCUT2D eigenvalue weighted by molar-refractivity contribution is 6.32. The van der Waals surface area contributed by atoms with Gasteiger partial charge in [-0.15, -0.1) is 0 Å². The molecule has 7 heteroatoms. The first-order chi connectivity index (χ1) is 13.9. The Bertz CT molecular complexity index is 930. The highest BCUT2D eigenvalue weighted by atomic mass is 35.5. The molecule has 1 aliphatic heterocycles. The van der Waals surface area contributed by atoms with E-state index >= 15 is 0 Å². The molecule has 1 heterocycles. The Hall–Kier alpha value is -2.86. The van der Waals surface area contributed by atoms with E-state index in [1.165, 1.54) is 0 Å². The third-order valence-corrected chi connectivity index (χ3v) is 5.37. The first-order valence-corrected chi connectivity index (χ1v) is 10.0. The Morgan fingerprint density at radius 1 is 1.28 bits per heavy atom. The molecule has 1 aliphatic rings. The van der Waals surface area contributed by atoms with Crippen LogP contribution in [0.25, 0.3) is 0 Å². The molecular formula is C22H24ClN3O3. The summed E-state index contributed by atoms with van der Waals surface area (Å²) in [6.45, 7) is 4.37. The highest BCUT2D eigenvalue weighted by Gasteiger charge is 2.34. The van der Waals surface area contributed by atoms with Crippen LogP contribution in [-0.4, -0.2) is 41.9 Å². The molecule has 0 aromatic heterocycles. The van der Waals surface area contributed by atoms with Gasteiger partial charge in [0, 0.05) is 29.2 Å². The second kappa shape index (κ2) is 9.09. The van der Waals surface area contributed by atoms with Crippen molar-refractivity contribution in [2.45, 2.75) is 26.3 Å². The van der Waals surface area contributed by atoms with E-state index in [1.807, 2.05) is 50.2 Å². The molecule has 2 aromatic carbocycles. The fraction of sp³-hybridized carbons (Fsp3) is 0.318. The predicted molar refractivity (Wildman–Crippen MR) is 115 cm³/mol. The van der Waals surface area contributed by atoms with E-state index in [4.69, 9.17) is 21.7 Å². The predicted octanol–water partition coefficient (Wildman–Crippen LogP) is 4.21. The standard InChI is InChI=1S/C22H24ClN3O3/c1-3-14(2)19-21(27)26(12-11-24-22(28)29)18-10-9-16(23)13-17(18)20(25-19)15-7-5-4-6-8-15/h4-10,13-14,19,24H,3,11-12H2,1-2H3,(H,28,29)/t14?,19-/m0/s1. The van der Waals surface area contributed by atoms with E-state index in [0.717, 1.165) is 23.3 Å². The SMILES string of the molecule is CCC(C)[C@@H]1N=C(c2ccccc2)c2cc(Cl)ccc2N(CCNC(=O)O)C1=O. The molecule has 0 aliphatic carbocycles. The summed E-state index contributed by atoms with van der Waals surface area (Å²) in [5.41, 5.74) is 3.07. The molecule has 0 saturated carbocycles. The van der Waals surface area contributed by atoms with Gasteiger partial charge < -0.3 is 15.3 Å². The zero-order valence-electron chi connectivity index (χ0n) is 16.4. The van der Waals surface area contributed by atoms with Crippen LogP contribution in [0.4, 0.5) is 10.5 Å². The van der Waals surface area contributed by atoms with Gasteiger partial charge in [-0.1, -0.05) is 62.2 Å². The number of carboxylic acid groups (broad SMARTS) is 1. The van der Waals surface area contributed by atoms with Crippen molar-refractivity contribution >= 4 is 35.0 Å². The number of aliphatic imine (C=N–C) groups is 1. The molecule has 3 rings (SSSR count). The van der Waals surface area contributed by atoms with Gasteiger partial charge in [-0.25, -0.2) is 4.79 Å². The zero-order valence-corrected chi connectivity index (χ0v) is 17.2. The third kappa shape index (κ3) is 4.59. The summed E-state index contributed by atoms with van der Waals surface area (Å²) < 4.78 is 0. The Morgan fingerprint density at radius 3 is 2.66 bits per heavy atom. The number of amides is 2. The topological polar surface area (TPSA) is 82.0 Å². The van der Waals surface area contributed by atoms with Crippen LogP contribution in [0.2, 0.25) is 5.02 Å². The van der Waals surface area contributed by atoms with E-state index in [-0.39, 0.29) is 24.9 Å². The lowest BCUT2D eigenvalue weighted by molar-refractivity contribution is -0.120. The first-order valence-electron chi connectivity index (χ1n) is 9.63. The lowest BCUT2D eigenvalue weighted by atomic mass is 9.98. The average molecular weight is 414 g/mol. The Labute approximate surface area is 175 Å². The molecule has 2 amide bonds. The zero-order chi connectivity index (χ0) is 21.0. The van der Waals surface area contributed by atoms with E-state index in [1.54, 1.807) is 17.0 Å². The van der Waals surface area contributed by atoms with Gasteiger partial charge in [-0.05, 0) is 24.1 Å². The van der Waals surface area contributed by atoms with E-state index in [0.29, 0.717) is 10.7 Å². The van der Waals surface area contributed by atoms with Crippen LogP contribution in [-0.2, 0) is 4.79 Å². The van der Waals surface area contributed by atoms with Crippen molar-refractivity contribution in [3.05, 3.63) is 64.7 Å². The summed E-state index contributed by atoms with van der Waals surface area (Å²) in [4.78, 5) is 30.9. The molecule has 152 valence electrons. The maximum absolute atomic E-state index is 13.5. The molecule has 0 spiro atoms. The van der Waals surface area contributed by atoms with Crippen LogP contribution < -0.4 is 10.2 Å². The summed E-state index contributed by atoms with van der Waals surface area (Å²) in [5.74, 6) is -0.109. The summed E-state index contributed by atoms with van der Waals surface area (Å²) in [6, 6.07) is 14.5. The molecule has 0 saturated heterocycles. The van der Waals surface area contributed by atoms with Crippen molar-refractivity contribution in [3.8, 4) is 0 Å². The van der Waals surface area contributed by atoms with Gasteiger partial charge in [-0.3, -0.25) is 9.79 Å². The second-order valence-electron chi connectivity index (χ2n) is 7.06. The van der Waals surface area contributed by atoms with Crippen LogP contribution >= 0.6 is 11.6 Å². The van der Waals surface area contributed by atoms with E-state index in [9.17, 15) is 9.59 Å². The normalized spacial score (nSPS) is 17.2. The summed E-state index contributed by atoms with van der Waals surface area (Å²) >= 11 is 6.29. The van der Waals surface area contributed by atoms with Gasteiger partial charge in [0.2, 0.25) is 0 Å². The highest BCUT2D eigenvalue weighted by Crippen LogP contribution is 2.32. The molecule has 2 atom stereocenters. The molecule has 6 nitrogen and oxygen atoms in total. The van der Waals surface area contributed by atoms with Gasteiger partial charge in [0.1, 0.15) is 6.04 Å². The van der Waals surface area contributed by atoms with Gasteiger partial charge >= 0.3 is 6.09 Å². The number of nitrogens with one attached hydrogen (secondary N) is 1. The van der Waals surface area contributed by atoms with Crippen LogP contribution in [0.5, 0.6) is 0 Å². The number of fused-ring (bicyclic) bond motifs is 1. The van der Waals surface area contributed by atoms with Gasteiger partial charge in [0.05, 0.1) is 11.4 Å². The number of carbonyl (C=O) groups is 2. The minimum Gasteiger partial charge on any atom is -0.465 e. The van der Waals surface area contributed by atoms with Gasteiger partial charge in [0.25, 0.3) is 5.91 Å². The number of rotatable bonds is 6. The van der Waals surface area contributed by atoms with Crippen molar-refractivity contribution in [3.63, 3.8) is 0 Å². The number of benzodiazepines with no additional fused rings is 1. The number of anilines is 1. The van der Waals surface area contributed by atoms with Crippen molar-refractivity contribution in [1.29, 1.82) is 0 Å². The van der Waals surface area contributed by atoms with Crippen molar-refractivity contribution in [2.75, 3.05) is 18.0 Å². The van der Waals surface area contributed by atoms with Crippen LogP contribution in [0.1, 0.15) is 31.4 Å². The number of hydrogen-bond donors (Lipinski definition) is 2. The van der Waals surface area contributed by atoms with Gasteiger partial charge in [-0.2, -0.15) is 0 Å². The Balaban J connectivity index is 2.15. The van der Waals surface area contributed by atoms with E-state index < -0.39 is 12.1 Å². The average Bonchev–Trinajstić information content (AvgIpc) is 2.83. The number of hydrogen-bond acceptors (Lipinski definition) is 3. The number of halogens is 1. The summed E-state index contributed by atoms with van der Waals surface area (Å²) in [6.07, 6.45) is -0.330. The molecule has 2 N–H and O–H groups in total. The van der Waals surface area contributed by atoms with E-state index in [2.05, 4.69) is 5.32 Å². The van der Waals surface area contributed by atoms with Crippen molar-refractivity contribution in [2.24, 2.45) is 10.9 Å². The maximum Gasteiger partial charge on any atom is 0.404 e. The molecule has 2 aromatic rings. The summed E-state index contributed by atoms with van der Waals surface area (Å²) in [5, 5.41) is 11.8. The Kier molecular flexibility index (Phi) is 6.54. The fourth-order valence-corrected chi connectivity index (χ4v) is 3.57. The van der Waals surface area contributed by atoms with Crippen molar-refractivity contribution < 1.29 is 14.7 Å². The summed E-state index contributed by atoms with van der Waals surface area (Å²) in [7, 11) is 0. The quantitative estimate of drug-likeness (QED) is 0.744. The Morgan fingerprint density at radius 2 is 2.00 bits per heavy atom. The first kappa shape index (κ1) is 20.9. The smallest absolute Gasteiger partial charge is 0.404 e. The number of benzene rings is 2. The molecule has 0 fully saturated rings. The third-order valence-electron chi connectivity index (χ3n) is 5.13. The molecule has 0 radical (unpaired) electrons. The van der Waals surface area contributed by atoms with Crippen molar-refractivity contribution in [1.82, 2.24) is 5.32 Å². The number of carbonyl (C=O) groups excluding carboxylic acids is 1. The minimum atomic E-state index is -1.12. The second-order valence-corrected chi connectivity index (χ2v) is 7.49.